The summed E-state index contributed by atoms with van der Waals surface area (Å²) in [5, 5.41) is 7.88. The van der Waals surface area contributed by atoms with E-state index < -0.39 is 0 Å². The molecule has 0 saturated heterocycles. The molecule has 18 heavy (non-hydrogen) atoms. The van der Waals surface area contributed by atoms with E-state index in [1.54, 1.807) is 17.9 Å². The lowest BCUT2D eigenvalue weighted by Crippen LogP contribution is -2.34. The van der Waals surface area contributed by atoms with Crippen LogP contribution in [0.3, 0.4) is 0 Å². The summed E-state index contributed by atoms with van der Waals surface area (Å²) in [7, 11) is 0. The van der Waals surface area contributed by atoms with Gasteiger partial charge < -0.3 is 10.6 Å². The van der Waals surface area contributed by atoms with Gasteiger partial charge in [0.2, 0.25) is 0 Å². The van der Waals surface area contributed by atoms with E-state index in [9.17, 15) is 4.79 Å². The fraction of sp³-hybridized carbons (Fsp3) is 0.500. The Bertz CT molecular complexity index is 461. The van der Waals surface area contributed by atoms with E-state index in [2.05, 4.69) is 10.2 Å². The molecule has 1 aromatic rings. The third kappa shape index (κ3) is 3.73. The van der Waals surface area contributed by atoms with E-state index in [0.29, 0.717) is 35.8 Å². The van der Waals surface area contributed by atoms with Gasteiger partial charge in [-0.2, -0.15) is 10.2 Å². The Hall–Kier alpha value is -1.56. The molecule has 0 fully saturated rings. The van der Waals surface area contributed by atoms with Gasteiger partial charge >= 0.3 is 0 Å². The van der Waals surface area contributed by atoms with Crippen LogP contribution in [0.2, 0.25) is 0 Å². The number of rotatable bonds is 5. The number of aromatic nitrogens is 2. The number of carbonyl (C=O) groups is 1. The lowest BCUT2D eigenvalue weighted by Gasteiger charge is -2.21. The van der Waals surface area contributed by atoms with Crippen molar-refractivity contribution in [3.8, 4) is 0 Å². The summed E-state index contributed by atoms with van der Waals surface area (Å²) >= 11 is 4.83. The molecular weight excluding hydrogens is 248 g/mol. The average molecular weight is 266 g/mol. The Balaban J connectivity index is 2.89. The molecule has 1 rings (SSSR count). The third-order valence-electron chi connectivity index (χ3n) is 2.63. The molecule has 0 spiro atoms. The molecule has 0 aliphatic heterocycles. The summed E-state index contributed by atoms with van der Waals surface area (Å²) in [5.74, 6) is -0.0516. The summed E-state index contributed by atoms with van der Waals surface area (Å²) in [5.41, 5.74) is 7.42. The van der Waals surface area contributed by atoms with Gasteiger partial charge in [-0.3, -0.25) is 4.79 Å². The minimum atomic E-state index is -0.0516. The van der Waals surface area contributed by atoms with Crippen molar-refractivity contribution >= 4 is 23.1 Å². The summed E-state index contributed by atoms with van der Waals surface area (Å²) in [6.45, 7) is 6.66. The van der Waals surface area contributed by atoms with Crippen LogP contribution in [0.4, 0.5) is 0 Å². The largest absolute Gasteiger partial charge is 0.393 e. The van der Waals surface area contributed by atoms with E-state index in [1.807, 2.05) is 13.8 Å². The standard InChI is InChI=1S/C12H18N4OS/c1-4-16(6-5-11(13)18)12(17)10-7-8(2)14-15-9(10)3/h7H,4-6H2,1-3H3,(H2,13,18). The topological polar surface area (TPSA) is 72.1 Å². The number of hydrogen-bond acceptors (Lipinski definition) is 4. The molecule has 0 radical (unpaired) electrons. The Morgan fingerprint density at radius 1 is 1.44 bits per heavy atom. The van der Waals surface area contributed by atoms with E-state index in [1.165, 1.54) is 0 Å². The second kappa shape index (κ2) is 6.39. The molecule has 1 aromatic heterocycles. The molecule has 0 aliphatic rings. The van der Waals surface area contributed by atoms with Crippen molar-refractivity contribution in [3.63, 3.8) is 0 Å². The Morgan fingerprint density at radius 3 is 2.67 bits per heavy atom. The number of carbonyl (C=O) groups excluding carboxylic acids is 1. The van der Waals surface area contributed by atoms with E-state index in [0.717, 1.165) is 5.69 Å². The minimum Gasteiger partial charge on any atom is -0.393 e. The second-order valence-electron chi connectivity index (χ2n) is 4.09. The van der Waals surface area contributed by atoms with Crippen molar-refractivity contribution in [2.24, 2.45) is 5.73 Å². The Morgan fingerprint density at radius 2 is 2.11 bits per heavy atom. The van der Waals surface area contributed by atoms with Crippen LogP contribution in [0.1, 0.15) is 35.1 Å². The van der Waals surface area contributed by atoms with Gasteiger partial charge in [-0.1, -0.05) is 12.2 Å². The fourth-order valence-corrected chi connectivity index (χ4v) is 1.68. The average Bonchev–Trinajstić information content (AvgIpc) is 2.32. The molecule has 0 unspecified atom stereocenters. The maximum absolute atomic E-state index is 12.3. The SMILES string of the molecule is CCN(CCC(N)=S)C(=O)c1cc(C)nnc1C. The van der Waals surface area contributed by atoms with Crippen LogP contribution in [0.5, 0.6) is 0 Å². The van der Waals surface area contributed by atoms with Gasteiger partial charge in [-0.05, 0) is 26.8 Å². The van der Waals surface area contributed by atoms with Crippen LogP contribution in [0, 0.1) is 13.8 Å². The normalized spacial score (nSPS) is 10.2. The van der Waals surface area contributed by atoms with Gasteiger partial charge in [0.15, 0.2) is 0 Å². The molecule has 1 heterocycles. The molecule has 0 bridgehead atoms. The maximum Gasteiger partial charge on any atom is 0.255 e. The lowest BCUT2D eigenvalue weighted by molar-refractivity contribution is 0.0767. The number of aryl methyl sites for hydroxylation is 2. The first kappa shape index (κ1) is 14.5. The molecule has 98 valence electrons. The maximum atomic E-state index is 12.3. The Kier molecular flexibility index (Phi) is 5.15. The summed E-state index contributed by atoms with van der Waals surface area (Å²) in [4.78, 5) is 14.5. The van der Waals surface area contributed by atoms with Gasteiger partial charge in [-0.15, -0.1) is 0 Å². The third-order valence-corrected chi connectivity index (χ3v) is 2.83. The highest BCUT2D eigenvalue weighted by molar-refractivity contribution is 7.80. The number of amides is 1. The van der Waals surface area contributed by atoms with Gasteiger partial charge in [0, 0.05) is 19.5 Å². The second-order valence-corrected chi connectivity index (χ2v) is 4.61. The zero-order valence-corrected chi connectivity index (χ0v) is 11.8. The van der Waals surface area contributed by atoms with E-state index in [-0.39, 0.29) is 5.91 Å². The predicted octanol–water partition coefficient (Wildman–Crippen LogP) is 1.23. The van der Waals surface area contributed by atoms with Gasteiger partial charge in [-0.25, -0.2) is 0 Å². The number of nitrogens with zero attached hydrogens (tertiary/aromatic N) is 3. The number of thiocarbonyl (C=S) groups is 1. The highest BCUT2D eigenvalue weighted by Crippen LogP contribution is 2.09. The molecule has 0 aliphatic carbocycles. The number of nitrogens with two attached hydrogens (primary N) is 1. The van der Waals surface area contributed by atoms with Gasteiger partial charge in [0.1, 0.15) is 0 Å². The van der Waals surface area contributed by atoms with Crippen LogP contribution >= 0.6 is 12.2 Å². The van der Waals surface area contributed by atoms with Gasteiger partial charge in [0.25, 0.3) is 5.91 Å². The molecule has 2 N–H and O–H groups in total. The molecular formula is C12H18N4OS. The summed E-state index contributed by atoms with van der Waals surface area (Å²) in [6, 6.07) is 1.76. The molecule has 0 atom stereocenters. The monoisotopic (exact) mass is 266 g/mol. The van der Waals surface area contributed by atoms with Crippen LogP contribution in [-0.2, 0) is 0 Å². The Labute approximate surface area is 112 Å². The summed E-state index contributed by atoms with van der Waals surface area (Å²) in [6.07, 6.45) is 0.533. The number of hydrogen-bond donors (Lipinski definition) is 1. The molecule has 0 saturated carbocycles. The lowest BCUT2D eigenvalue weighted by atomic mass is 10.1. The van der Waals surface area contributed by atoms with Crippen molar-refractivity contribution < 1.29 is 4.79 Å². The highest BCUT2D eigenvalue weighted by Gasteiger charge is 2.17. The predicted molar refractivity (Wildman–Crippen MR) is 74.5 cm³/mol. The van der Waals surface area contributed by atoms with Crippen LogP contribution < -0.4 is 5.73 Å². The van der Waals surface area contributed by atoms with E-state index in [4.69, 9.17) is 18.0 Å². The molecule has 5 nitrogen and oxygen atoms in total. The first-order valence-electron chi connectivity index (χ1n) is 5.84. The first-order valence-corrected chi connectivity index (χ1v) is 6.25. The van der Waals surface area contributed by atoms with Crippen LogP contribution in [-0.4, -0.2) is 39.1 Å². The first-order chi connectivity index (χ1) is 8.45. The molecule has 6 heteroatoms. The smallest absolute Gasteiger partial charge is 0.255 e. The fourth-order valence-electron chi connectivity index (χ4n) is 1.59. The van der Waals surface area contributed by atoms with Crippen molar-refractivity contribution in [1.82, 2.24) is 15.1 Å². The quantitative estimate of drug-likeness (QED) is 0.812. The van der Waals surface area contributed by atoms with Crippen molar-refractivity contribution in [3.05, 3.63) is 23.0 Å². The van der Waals surface area contributed by atoms with Crippen LogP contribution in [0.15, 0.2) is 6.07 Å². The van der Waals surface area contributed by atoms with E-state index >= 15 is 0 Å². The van der Waals surface area contributed by atoms with Gasteiger partial charge in [0.05, 0.1) is 21.9 Å². The zero-order chi connectivity index (χ0) is 13.7. The van der Waals surface area contributed by atoms with Crippen molar-refractivity contribution in [2.45, 2.75) is 27.2 Å². The molecule has 0 aromatic carbocycles. The van der Waals surface area contributed by atoms with Crippen molar-refractivity contribution in [1.29, 1.82) is 0 Å². The molecule has 1 amide bonds. The van der Waals surface area contributed by atoms with Crippen LogP contribution in [0.25, 0.3) is 0 Å². The highest BCUT2D eigenvalue weighted by atomic mass is 32.1. The van der Waals surface area contributed by atoms with Crippen molar-refractivity contribution in [2.75, 3.05) is 13.1 Å². The minimum absolute atomic E-state index is 0.0516. The summed E-state index contributed by atoms with van der Waals surface area (Å²) < 4.78 is 0. The zero-order valence-electron chi connectivity index (χ0n) is 10.9.